The summed E-state index contributed by atoms with van der Waals surface area (Å²) >= 11 is 14.9. The van der Waals surface area contributed by atoms with Crippen molar-refractivity contribution in [3.8, 4) is 0 Å². The number of hydrogen-bond acceptors (Lipinski definition) is 4. The summed E-state index contributed by atoms with van der Waals surface area (Å²) in [6.45, 7) is 0. The SMILES string of the molecule is NNc1ncc(C(=O)Nc2c(Cl)cc(F)cc2Br)cc1Cl. The zero-order chi connectivity index (χ0) is 15.6. The second kappa shape index (κ2) is 6.57. The molecular formula is C12H8BrCl2FN4O. The maximum atomic E-state index is 13.1. The number of nitrogens with zero attached hydrogens (tertiary/aromatic N) is 1. The lowest BCUT2D eigenvalue weighted by Gasteiger charge is -2.10. The van der Waals surface area contributed by atoms with Crippen molar-refractivity contribution in [2.75, 3.05) is 10.7 Å². The van der Waals surface area contributed by atoms with Crippen LogP contribution in [0.4, 0.5) is 15.9 Å². The third-order valence-electron chi connectivity index (χ3n) is 2.49. The van der Waals surface area contributed by atoms with Crippen LogP contribution in [0, 0.1) is 5.82 Å². The van der Waals surface area contributed by atoms with Crippen LogP contribution in [0.1, 0.15) is 10.4 Å². The minimum Gasteiger partial charge on any atom is -0.320 e. The van der Waals surface area contributed by atoms with Gasteiger partial charge in [0.1, 0.15) is 5.82 Å². The van der Waals surface area contributed by atoms with Gasteiger partial charge in [0.25, 0.3) is 5.91 Å². The fraction of sp³-hybridized carbons (Fsp3) is 0. The molecule has 0 bridgehead atoms. The van der Waals surface area contributed by atoms with Crippen LogP contribution in [0.15, 0.2) is 28.9 Å². The molecule has 4 N–H and O–H groups in total. The zero-order valence-corrected chi connectivity index (χ0v) is 13.4. The number of benzene rings is 1. The van der Waals surface area contributed by atoms with Gasteiger partial charge in [0, 0.05) is 10.7 Å². The molecule has 0 aliphatic heterocycles. The van der Waals surface area contributed by atoms with E-state index in [2.05, 4.69) is 31.7 Å². The Morgan fingerprint density at radius 1 is 1.29 bits per heavy atom. The van der Waals surface area contributed by atoms with E-state index in [1.807, 2.05) is 0 Å². The summed E-state index contributed by atoms with van der Waals surface area (Å²) in [5.74, 6) is 4.42. The molecule has 2 rings (SSSR count). The first-order valence-electron chi connectivity index (χ1n) is 5.50. The first-order valence-corrected chi connectivity index (χ1v) is 7.05. The average Bonchev–Trinajstić information content (AvgIpc) is 2.42. The maximum absolute atomic E-state index is 13.1. The van der Waals surface area contributed by atoms with Gasteiger partial charge in [0.15, 0.2) is 5.82 Å². The molecule has 0 atom stereocenters. The average molecular weight is 394 g/mol. The molecule has 21 heavy (non-hydrogen) atoms. The molecule has 110 valence electrons. The van der Waals surface area contributed by atoms with E-state index in [1.165, 1.54) is 18.3 Å². The number of rotatable bonds is 3. The van der Waals surface area contributed by atoms with Crippen molar-refractivity contribution >= 4 is 56.5 Å². The van der Waals surface area contributed by atoms with Crippen LogP contribution in [-0.4, -0.2) is 10.9 Å². The van der Waals surface area contributed by atoms with E-state index >= 15 is 0 Å². The highest BCUT2D eigenvalue weighted by molar-refractivity contribution is 9.10. The van der Waals surface area contributed by atoms with Crippen molar-refractivity contribution in [1.29, 1.82) is 0 Å². The van der Waals surface area contributed by atoms with Crippen LogP contribution >= 0.6 is 39.1 Å². The van der Waals surface area contributed by atoms with E-state index < -0.39 is 11.7 Å². The van der Waals surface area contributed by atoms with Crippen LogP contribution in [-0.2, 0) is 0 Å². The molecule has 0 spiro atoms. The standard InChI is InChI=1S/C12H8BrCl2FN4O/c13-7-2-6(16)3-8(14)10(7)19-12(21)5-1-9(15)11(20-17)18-4-5/h1-4H,17H2,(H,18,20)(H,19,21). The third kappa shape index (κ3) is 3.62. The van der Waals surface area contributed by atoms with Gasteiger partial charge < -0.3 is 10.7 Å². The van der Waals surface area contributed by atoms with Gasteiger partial charge in [-0.3, -0.25) is 4.79 Å². The Kier molecular flexibility index (Phi) is 5.00. The fourth-order valence-corrected chi connectivity index (χ4v) is 2.64. The Labute approximate surface area is 137 Å². The molecule has 1 heterocycles. The van der Waals surface area contributed by atoms with Crippen molar-refractivity contribution in [2.24, 2.45) is 5.84 Å². The van der Waals surface area contributed by atoms with Crippen LogP contribution in [0.3, 0.4) is 0 Å². The number of aromatic nitrogens is 1. The van der Waals surface area contributed by atoms with Gasteiger partial charge in [-0.05, 0) is 34.1 Å². The van der Waals surface area contributed by atoms with Crippen LogP contribution in [0.2, 0.25) is 10.0 Å². The van der Waals surface area contributed by atoms with Gasteiger partial charge in [0.05, 0.1) is 21.3 Å². The molecule has 2 aromatic rings. The number of amides is 1. The molecule has 9 heteroatoms. The normalized spacial score (nSPS) is 10.3. The van der Waals surface area contributed by atoms with Crippen molar-refractivity contribution in [2.45, 2.75) is 0 Å². The van der Waals surface area contributed by atoms with Gasteiger partial charge in [-0.15, -0.1) is 0 Å². The number of nitrogen functional groups attached to an aromatic ring is 1. The maximum Gasteiger partial charge on any atom is 0.257 e. The summed E-state index contributed by atoms with van der Waals surface area (Å²) < 4.78 is 13.5. The number of nitrogens with two attached hydrogens (primary N) is 1. The number of halogens is 4. The van der Waals surface area contributed by atoms with Crippen LogP contribution < -0.4 is 16.6 Å². The molecule has 1 amide bonds. The summed E-state index contributed by atoms with van der Waals surface area (Å²) in [6, 6.07) is 3.67. The Hall–Kier alpha value is -1.41. The summed E-state index contributed by atoms with van der Waals surface area (Å²) in [5.41, 5.74) is 2.74. The fourth-order valence-electron chi connectivity index (χ4n) is 1.52. The Morgan fingerprint density at radius 2 is 2.00 bits per heavy atom. The van der Waals surface area contributed by atoms with Crippen molar-refractivity contribution in [3.63, 3.8) is 0 Å². The van der Waals surface area contributed by atoms with E-state index in [1.54, 1.807) is 0 Å². The summed E-state index contributed by atoms with van der Waals surface area (Å²) in [5, 5.41) is 2.81. The highest BCUT2D eigenvalue weighted by Gasteiger charge is 2.14. The second-order valence-electron chi connectivity index (χ2n) is 3.90. The van der Waals surface area contributed by atoms with Gasteiger partial charge in [-0.2, -0.15) is 0 Å². The smallest absolute Gasteiger partial charge is 0.257 e. The minimum absolute atomic E-state index is 0.0644. The molecule has 0 saturated carbocycles. The van der Waals surface area contributed by atoms with E-state index in [0.717, 1.165) is 6.07 Å². The lowest BCUT2D eigenvalue weighted by Crippen LogP contribution is -2.15. The Morgan fingerprint density at radius 3 is 2.57 bits per heavy atom. The monoisotopic (exact) mass is 392 g/mol. The van der Waals surface area contributed by atoms with Crippen molar-refractivity contribution in [1.82, 2.24) is 4.98 Å². The van der Waals surface area contributed by atoms with Gasteiger partial charge in [-0.1, -0.05) is 23.2 Å². The summed E-state index contributed by atoms with van der Waals surface area (Å²) in [7, 11) is 0. The van der Waals surface area contributed by atoms with E-state index in [4.69, 9.17) is 29.0 Å². The Balaban J connectivity index is 2.28. The lowest BCUT2D eigenvalue weighted by molar-refractivity contribution is 0.102. The number of carbonyl (C=O) groups excluding carboxylic acids is 1. The largest absolute Gasteiger partial charge is 0.320 e. The molecule has 1 aromatic heterocycles. The first kappa shape index (κ1) is 16.0. The molecule has 0 radical (unpaired) electrons. The molecule has 0 aliphatic carbocycles. The molecule has 1 aromatic carbocycles. The number of anilines is 2. The summed E-state index contributed by atoms with van der Waals surface area (Å²) in [4.78, 5) is 16.0. The first-order chi connectivity index (χ1) is 9.92. The summed E-state index contributed by atoms with van der Waals surface area (Å²) in [6.07, 6.45) is 1.29. The van der Waals surface area contributed by atoms with Gasteiger partial charge in [-0.25, -0.2) is 15.2 Å². The molecule has 0 unspecified atom stereocenters. The quantitative estimate of drug-likeness (QED) is 0.546. The number of pyridine rings is 1. The molecular weight excluding hydrogens is 386 g/mol. The van der Waals surface area contributed by atoms with Crippen molar-refractivity contribution in [3.05, 3.63) is 50.3 Å². The zero-order valence-electron chi connectivity index (χ0n) is 10.3. The van der Waals surface area contributed by atoms with Crippen LogP contribution in [0.25, 0.3) is 0 Å². The molecule has 0 aliphatic rings. The van der Waals surface area contributed by atoms with Gasteiger partial charge >= 0.3 is 0 Å². The molecule has 0 saturated heterocycles. The Bertz CT molecular complexity index is 691. The van der Waals surface area contributed by atoms with Crippen molar-refractivity contribution < 1.29 is 9.18 Å². The predicted molar refractivity (Wildman–Crippen MR) is 84.1 cm³/mol. The highest BCUT2D eigenvalue weighted by atomic mass is 79.9. The number of nitrogens with one attached hydrogen (secondary N) is 2. The molecule has 0 fully saturated rings. The number of hydrazine groups is 1. The number of hydrogen-bond donors (Lipinski definition) is 3. The van der Waals surface area contributed by atoms with Gasteiger partial charge in [0.2, 0.25) is 0 Å². The van der Waals surface area contributed by atoms with E-state index in [0.29, 0.717) is 4.47 Å². The predicted octanol–water partition coefficient (Wildman–Crippen LogP) is 3.83. The lowest BCUT2D eigenvalue weighted by atomic mass is 10.2. The number of carbonyl (C=O) groups is 1. The molecule has 5 nitrogen and oxygen atoms in total. The topological polar surface area (TPSA) is 80.0 Å². The van der Waals surface area contributed by atoms with E-state index in [9.17, 15) is 9.18 Å². The third-order valence-corrected chi connectivity index (χ3v) is 3.70. The second-order valence-corrected chi connectivity index (χ2v) is 5.57. The van der Waals surface area contributed by atoms with Crippen LogP contribution in [0.5, 0.6) is 0 Å². The minimum atomic E-state index is -0.520. The highest BCUT2D eigenvalue weighted by Crippen LogP contribution is 2.32. The van der Waals surface area contributed by atoms with E-state index in [-0.39, 0.29) is 27.1 Å².